The molecule has 0 aromatic heterocycles. The van der Waals surface area contributed by atoms with Gasteiger partial charge >= 0.3 is 0 Å². The first-order valence-electron chi connectivity index (χ1n) is 3.42. The van der Waals surface area contributed by atoms with Crippen LogP contribution in [0.2, 0.25) is 0 Å². The van der Waals surface area contributed by atoms with Gasteiger partial charge in [0.2, 0.25) is 0 Å². The van der Waals surface area contributed by atoms with Crippen molar-refractivity contribution in [2.45, 2.75) is 12.5 Å². The van der Waals surface area contributed by atoms with Gasteiger partial charge in [-0.2, -0.15) is 0 Å². The van der Waals surface area contributed by atoms with Crippen LogP contribution in [0.5, 0.6) is 0 Å². The highest BCUT2D eigenvalue weighted by molar-refractivity contribution is 5.81. The van der Waals surface area contributed by atoms with Crippen LogP contribution >= 0.6 is 0 Å². The molecule has 1 rings (SSSR count). The lowest BCUT2D eigenvalue weighted by atomic mass is 10.0. The Morgan fingerprint density at radius 1 is 1.82 bits per heavy atom. The van der Waals surface area contributed by atoms with Crippen LogP contribution in [0.1, 0.15) is 6.42 Å². The highest BCUT2D eigenvalue weighted by atomic mass is 16.5. The molecule has 0 aromatic rings. The fourth-order valence-electron chi connectivity index (χ4n) is 1.03. The minimum atomic E-state index is -0.267. The van der Waals surface area contributed by atoms with Crippen molar-refractivity contribution < 1.29 is 9.84 Å². The van der Waals surface area contributed by atoms with Gasteiger partial charge in [0.25, 0.3) is 0 Å². The third-order valence-electron chi connectivity index (χ3n) is 1.69. The van der Waals surface area contributed by atoms with Crippen molar-refractivity contribution in [3.8, 4) is 0 Å². The second-order valence-corrected chi connectivity index (χ2v) is 2.35. The van der Waals surface area contributed by atoms with Gasteiger partial charge in [-0.05, 0) is 6.42 Å². The van der Waals surface area contributed by atoms with Gasteiger partial charge in [0.1, 0.15) is 11.9 Å². The standard InChI is InChI=1S/C8H11NO2/c1-11-7-4-2-3-6(5-9)8(7)10/h2-3,5,7,9-10H,4H2,1H3. The molecule has 0 radical (unpaired) electrons. The number of nitrogens with one attached hydrogen (secondary N) is 1. The third kappa shape index (κ3) is 1.49. The molecule has 1 aliphatic carbocycles. The third-order valence-corrected chi connectivity index (χ3v) is 1.69. The van der Waals surface area contributed by atoms with Gasteiger partial charge in [-0.3, -0.25) is 0 Å². The summed E-state index contributed by atoms with van der Waals surface area (Å²) < 4.78 is 4.97. The maximum absolute atomic E-state index is 9.38. The maximum atomic E-state index is 9.38. The lowest BCUT2D eigenvalue weighted by molar-refractivity contribution is 0.0935. The van der Waals surface area contributed by atoms with E-state index in [1.165, 1.54) is 0 Å². The summed E-state index contributed by atoms with van der Waals surface area (Å²) in [6.07, 6.45) is 5.14. The number of allylic oxidation sites excluding steroid dienone is 2. The minimum Gasteiger partial charge on any atom is -0.509 e. The Hall–Kier alpha value is -1.09. The molecule has 2 N–H and O–H groups in total. The molecule has 0 saturated carbocycles. The molecule has 1 aliphatic rings. The van der Waals surface area contributed by atoms with Gasteiger partial charge in [0, 0.05) is 18.9 Å². The maximum Gasteiger partial charge on any atom is 0.130 e. The number of hydrogen-bond acceptors (Lipinski definition) is 3. The second-order valence-electron chi connectivity index (χ2n) is 2.35. The van der Waals surface area contributed by atoms with Gasteiger partial charge in [0.05, 0.1) is 0 Å². The summed E-state index contributed by atoms with van der Waals surface area (Å²) in [4.78, 5) is 0. The normalized spacial score (nSPS) is 23.9. The van der Waals surface area contributed by atoms with Crippen LogP contribution in [-0.4, -0.2) is 24.5 Å². The molecule has 0 aliphatic heterocycles. The lowest BCUT2D eigenvalue weighted by Crippen LogP contribution is -2.17. The molecule has 0 fully saturated rings. The second kappa shape index (κ2) is 3.34. The SMILES string of the molecule is COC1CC=CC(C=N)=C1O. The predicted molar refractivity (Wildman–Crippen MR) is 43.0 cm³/mol. The quantitative estimate of drug-likeness (QED) is 0.589. The van der Waals surface area contributed by atoms with Crippen molar-refractivity contribution in [3.05, 3.63) is 23.5 Å². The van der Waals surface area contributed by atoms with E-state index in [0.29, 0.717) is 12.0 Å². The van der Waals surface area contributed by atoms with Crippen LogP contribution in [0, 0.1) is 5.41 Å². The van der Waals surface area contributed by atoms with E-state index in [-0.39, 0.29) is 11.9 Å². The van der Waals surface area contributed by atoms with Crippen LogP contribution in [0.3, 0.4) is 0 Å². The summed E-state index contributed by atoms with van der Waals surface area (Å²) in [5, 5.41) is 16.3. The van der Waals surface area contributed by atoms with Crippen molar-refractivity contribution in [1.82, 2.24) is 0 Å². The Labute approximate surface area is 65.5 Å². The first kappa shape index (κ1) is 8.01. The van der Waals surface area contributed by atoms with Gasteiger partial charge in [-0.25, -0.2) is 0 Å². The molecule has 0 spiro atoms. The Morgan fingerprint density at radius 3 is 3.09 bits per heavy atom. The largest absolute Gasteiger partial charge is 0.509 e. The topological polar surface area (TPSA) is 53.3 Å². The van der Waals surface area contributed by atoms with E-state index in [1.807, 2.05) is 6.08 Å². The van der Waals surface area contributed by atoms with Crippen LogP contribution in [0.15, 0.2) is 23.5 Å². The van der Waals surface area contributed by atoms with Crippen LogP contribution < -0.4 is 0 Å². The molecule has 1 unspecified atom stereocenters. The minimum absolute atomic E-state index is 0.157. The van der Waals surface area contributed by atoms with Crippen LogP contribution in [0.25, 0.3) is 0 Å². The van der Waals surface area contributed by atoms with Crippen LogP contribution in [0.4, 0.5) is 0 Å². The Kier molecular flexibility index (Phi) is 2.44. The molecule has 1 atom stereocenters. The fraction of sp³-hybridized carbons (Fsp3) is 0.375. The Morgan fingerprint density at radius 2 is 2.55 bits per heavy atom. The van der Waals surface area contributed by atoms with Crippen molar-refractivity contribution in [3.63, 3.8) is 0 Å². The van der Waals surface area contributed by atoms with Gasteiger partial charge < -0.3 is 15.3 Å². The van der Waals surface area contributed by atoms with E-state index in [2.05, 4.69) is 0 Å². The van der Waals surface area contributed by atoms with Gasteiger partial charge in [-0.1, -0.05) is 12.2 Å². The van der Waals surface area contributed by atoms with Crippen molar-refractivity contribution in [2.24, 2.45) is 0 Å². The number of ether oxygens (including phenoxy) is 1. The summed E-state index contributed by atoms with van der Waals surface area (Å²) in [6, 6.07) is 0. The van der Waals surface area contributed by atoms with Crippen molar-refractivity contribution in [1.29, 1.82) is 5.41 Å². The average Bonchev–Trinajstić information content (AvgIpc) is 2.05. The molecule has 60 valence electrons. The van der Waals surface area contributed by atoms with Gasteiger partial charge in [-0.15, -0.1) is 0 Å². The molecular weight excluding hydrogens is 142 g/mol. The van der Waals surface area contributed by atoms with E-state index >= 15 is 0 Å². The Bertz CT molecular complexity index is 218. The van der Waals surface area contributed by atoms with E-state index in [1.54, 1.807) is 13.2 Å². The van der Waals surface area contributed by atoms with Crippen molar-refractivity contribution in [2.75, 3.05) is 7.11 Å². The molecule has 11 heavy (non-hydrogen) atoms. The Balaban J connectivity index is 2.87. The molecule has 0 bridgehead atoms. The summed E-state index contributed by atoms with van der Waals surface area (Å²) in [5.74, 6) is 0.157. The van der Waals surface area contributed by atoms with E-state index < -0.39 is 0 Å². The summed E-state index contributed by atoms with van der Waals surface area (Å²) in [6.45, 7) is 0. The van der Waals surface area contributed by atoms with Crippen LogP contribution in [-0.2, 0) is 4.74 Å². The molecule has 3 heteroatoms. The molecule has 3 nitrogen and oxygen atoms in total. The first-order valence-corrected chi connectivity index (χ1v) is 3.42. The van der Waals surface area contributed by atoms with E-state index in [9.17, 15) is 5.11 Å². The number of aliphatic hydroxyl groups is 1. The smallest absolute Gasteiger partial charge is 0.130 e. The number of hydrogen-bond donors (Lipinski definition) is 2. The van der Waals surface area contributed by atoms with E-state index in [0.717, 1.165) is 6.21 Å². The average molecular weight is 153 g/mol. The lowest BCUT2D eigenvalue weighted by Gasteiger charge is -2.17. The fourth-order valence-corrected chi connectivity index (χ4v) is 1.03. The zero-order chi connectivity index (χ0) is 8.27. The van der Waals surface area contributed by atoms with E-state index in [4.69, 9.17) is 10.1 Å². The number of aliphatic hydroxyl groups excluding tert-OH is 1. The number of rotatable bonds is 2. The summed E-state index contributed by atoms with van der Waals surface area (Å²) in [5.41, 5.74) is 0.531. The van der Waals surface area contributed by atoms with Crippen molar-refractivity contribution >= 4 is 6.21 Å². The molecule has 0 saturated heterocycles. The zero-order valence-electron chi connectivity index (χ0n) is 6.37. The highest BCUT2D eigenvalue weighted by Gasteiger charge is 2.16. The predicted octanol–water partition coefficient (Wildman–Crippen LogP) is 1.42. The summed E-state index contributed by atoms with van der Waals surface area (Å²) in [7, 11) is 1.54. The zero-order valence-corrected chi connectivity index (χ0v) is 6.37. The molecule has 0 amide bonds. The van der Waals surface area contributed by atoms with Gasteiger partial charge in [0.15, 0.2) is 0 Å². The summed E-state index contributed by atoms with van der Waals surface area (Å²) >= 11 is 0. The number of methoxy groups -OCH3 is 1. The monoisotopic (exact) mass is 153 g/mol. The highest BCUT2D eigenvalue weighted by Crippen LogP contribution is 2.17. The molecular formula is C8H11NO2. The first-order chi connectivity index (χ1) is 5.29. The molecule has 0 heterocycles. The molecule has 0 aromatic carbocycles.